The second-order valence-electron chi connectivity index (χ2n) is 5.73. The van der Waals surface area contributed by atoms with Crippen LogP contribution >= 0.6 is 0 Å². The smallest absolute Gasteiger partial charge is 0.287 e. The van der Waals surface area contributed by atoms with Crippen LogP contribution in [0.15, 0.2) is 59.0 Å². The predicted molar refractivity (Wildman–Crippen MR) is 92.9 cm³/mol. The predicted octanol–water partition coefficient (Wildman–Crippen LogP) is 4.72. The summed E-state index contributed by atoms with van der Waals surface area (Å²) in [6.07, 6.45) is 0. The molecule has 0 saturated carbocycles. The highest BCUT2D eigenvalue weighted by atomic mass is 19.1. The fraction of sp³-hybridized carbons (Fsp3) is 0.150. The molecule has 0 bridgehead atoms. The van der Waals surface area contributed by atoms with Crippen LogP contribution in [0.25, 0.3) is 11.3 Å². The second kappa shape index (κ2) is 7.39. The molecule has 3 aromatic rings. The van der Waals surface area contributed by atoms with E-state index in [0.717, 1.165) is 0 Å². The Morgan fingerprint density at radius 3 is 2.54 bits per heavy atom. The number of methoxy groups -OCH3 is 1. The van der Waals surface area contributed by atoms with Crippen LogP contribution in [-0.4, -0.2) is 13.0 Å². The van der Waals surface area contributed by atoms with Crippen molar-refractivity contribution in [2.24, 2.45) is 0 Å². The molecule has 134 valence electrons. The van der Waals surface area contributed by atoms with Gasteiger partial charge < -0.3 is 14.5 Å². The van der Waals surface area contributed by atoms with Gasteiger partial charge in [-0.25, -0.2) is 8.78 Å². The van der Waals surface area contributed by atoms with Crippen LogP contribution in [0.5, 0.6) is 5.75 Å². The minimum absolute atomic E-state index is 0.0455. The first kappa shape index (κ1) is 17.7. The molecule has 0 radical (unpaired) electrons. The molecule has 4 nitrogen and oxygen atoms in total. The summed E-state index contributed by atoms with van der Waals surface area (Å²) in [6.45, 7) is 1.72. The van der Waals surface area contributed by atoms with E-state index in [1.807, 2.05) is 0 Å². The van der Waals surface area contributed by atoms with Gasteiger partial charge in [-0.2, -0.15) is 0 Å². The van der Waals surface area contributed by atoms with Crippen LogP contribution in [0.2, 0.25) is 0 Å². The molecule has 0 spiro atoms. The minimum atomic E-state index is -0.508. The Labute approximate surface area is 149 Å². The normalized spacial score (nSPS) is 11.8. The fourth-order valence-electron chi connectivity index (χ4n) is 2.57. The molecule has 0 aliphatic heterocycles. The number of carbonyl (C=O) groups is 1. The van der Waals surface area contributed by atoms with Gasteiger partial charge in [0.05, 0.1) is 18.7 Å². The van der Waals surface area contributed by atoms with E-state index in [1.54, 1.807) is 31.2 Å². The number of furan rings is 1. The lowest BCUT2D eigenvalue weighted by Gasteiger charge is -2.14. The van der Waals surface area contributed by atoms with Crippen LogP contribution in [0.1, 0.15) is 29.1 Å². The Hall–Kier alpha value is -3.15. The van der Waals surface area contributed by atoms with E-state index >= 15 is 0 Å². The van der Waals surface area contributed by atoms with Gasteiger partial charge in [-0.1, -0.05) is 18.2 Å². The zero-order chi connectivity index (χ0) is 18.7. The molecule has 0 unspecified atom stereocenters. The first-order chi connectivity index (χ1) is 12.5. The summed E-state index contributed by atoms with van der Waals surface area (Å²) in [5, 5.41) is 2.72. The Morgan fingerprint density at radius 1 is 1.08 bits per heavy atom. The molecule has 2 aromatic carbocycles. The second-order valence-corrected chi connectivity index (χ2v) is 5.73. The van der Waals surface area contributed by atoms with Crippen molar-refractivity contribution < 1.29 is 22.7 Å². The average Bonchev–Trinajstić information content (AvgIpc) is 3.12. The van der Waals surface area contributed by atoms with Crippen LogP contribution in [0, 0.1) is 11.6 Å². The summed E-state index contributed by atoms with van der Waals surface area (Å²) in [5.74, 6) is -0.980. The first-order valence-corrected chi connectivity index (χ1v) is 7.98. The summed E-state index contributed by atoms with van der Waals surface area (Å²) in [6, 6.07) is 13.2. The first-order valence-electron chi connectivity index (χ1n) is 7.98. The molecule has 0 aliphatic carbocycles. The number of hydrogen-bond acceptors (Lipinski definition) is 3. The number of hydrogen-bond donors (Lipinski definition) is 1. The lowest BCUT2D eigenvalue weighted by atomic mass is 10.1. The molecule has 1 heterocycles. The molecule has 6 heteroatoms. The molecule has 1 N–H and O–H groups in total. The molecular formula is C20H17F2NO3. The van der Waals surface area contributed by atoms with Crippen LogP contribution in [0.4, 0.5) is 8.78 Å². The topological polar surface area (TPSA) is 51.5 Å². The highest BCUT2D eigenvalue weighted by Crippen LogP contribution is 2.26. The Kier molecular flexibility index (Phi) is 5.02. The van der Waals surface area contributed by atoms with Gasteiger partial charge in [0.2, 0.25) is 0 Å². The number of halogens is 2. The van der Waals surface area contributed by atoms with Crippen molar-refractivity contribution in [3.8, 4) is 17.1 Å². The third-order valence-electron chi connectivity index (χ3n) is 3.99. The monoisotopic (exact) mass is 357 g/mol. The summed E-state index contributed by atoms with van der Waals surface area (Å²) < 4.78 is 38.0. The third-order valence-corrected chi connectivity index (χ3v) is 3.99. The number of benzene rings is 2. The third kappa shape index (κ3) is 3.59. The van der Waals surface area contributed by atoms with Gasteiger partial charge in [0.1, 0.15) is 11.6 Å². The fourth-order valence-corrected chi connectivity index (χ4v) is 2.57. The quantitative estimate of drug-likeness (QED) is 0.719. The van der Waals surface area contributed by atoms with Gasteiger partial charge in [0, 0.05) is 0 Å². The van der Waals surface area contributed by atoms with E-state index in [-0.39, 0.29) is 22.8 Å². The zero-order valence-electron chi connectivity index (χ0n) is 14.3. The number of amides is 1. The van der Waals surface area contributed by atoms with E-state index in [0.29, 0.717) is 5.56 Å². The van der Waals surface area contributed by atoms with E-state index in [9.17, 15) is 13.6 Å². The highest BCUT2D eigenvalue weighted by molar-refractivity contribution is 5.92. The SMILES string of the molecule is COc1ccc([C@@H](C)NC(=O)c2ccc(-c3ccccc3F)o2)cc1F. The maximum Gasteiger partial charge on any atom is 0.287 e. The summed E-state index contributed by atoms with van der Waals surface area (Å²) in [7, 11) is 1.38. The summed E-state index contributed by atoms with van der Waals surface area (Å²) in [4.78, 5) is 12.3. The number of rotatable bonds is 5. The summed E-state index contributed by atoms with van der Waals surface area (Å²) >= 11 is 0. The molecule has 1 atom stereocenters. The largest absolute Gasteiger partial charge is 0.494 e. The Balaban J connectivity index is 1.74. The number of nitrogens with one attached hydrogen (secondary N) is 1. The lowest BCUT2D eigenvalue weighted by Crippen LogP contribution is -2.26. The van der Waals surface area contributed by atoms with Crippen molar-refractivity contribution in [1.29, 1.82) is 0 Å². The van der Waals surface area contributed by atoms with E-state index < -0.39 is 23.6 Å². The molecule has 26 heavy (non-hydrogen) atoms. The molecular weight excluding hydrogens is 340 g/mol. The van der Waals surface area contributed by atoms with Gasteiger partial charge in [-0.15, -0.1) is 0 Å². The zero-order valence-corrected chi connectivity index (χ0v) is 14.3. The molecule has 0 fully saturated rings. The number of ether oxygens (including phenoxy) is 1. The van der Waals surface area contributed by atoms with Crippen molar-refractivity contribution >= 4 is 5.91 Å². The minimum Gasteiger partial charge on any atom is -0.494 e. The molecule has 1 aromatic heterocycles. The average molecular weight is 357 g/mol. The van der Waals surface area contributed by atoms with E-state index in [4.69, 9.17) is 9.15 Å². The molecule has 0 aliphatic rings. The molecule has 1 amide bonds. The van der Waals surface area contributed by atoms with Gasteiger partial charge in [-0.05, 0) is 48.9 Å². The molecule has 3 rings (SSSR count). The number of carbonyl (C=O) groups excluding carboxylic acids is 1. The van der Waals surface area contributed by atoms with Gasteiger partial charge in [0.15, 0.2) is 17.3 Å². The standard InChI is InChI=1S/C20H17F2NO3/c1-12(13-7-8-18(25-2)16(22)11-13)23-20(24)19-10-9-17(26-19)14-5-3-4-6-15(14)21/h3-12H,1-2H3,(H,23,24)/t12-/m1/s1. The van der Waals surface area contributed by atoms with E-state index in [1.165, 1.54) is 37.4 Å². The Morgan fingerprint density at radius 2 is 1.85 bits per heavy atom. The van der Waals surface area contributed by atoms with Crippen molar-refractivity contribution in [3.63, 3.8) is 0 Å². The van der Waals surface area contributed by atoms with Crippen LogP contribution in [0.3, 0.4) is 0 Å². The highest BCUT2D eigenvalue weighted by Gasteiger charge is 2.17. The van der Waals surface area contributed by atoms with Crippen molar-refractivity contribution in [2.75, 3.05) is 7.11 Å². The maximum atomic E-state index is 13.8. The maximum absolute atomic E-state index is 13.8. The summed E-state index contributed by atoms with van der Waals surface area (Å²) in [5.41, 5.74) is 0.856. The van der Waals surface area contributed by atoms with Crippen LogP contribution in [-0.2, 0) is 0 Å². The molecule has 0 saturated heterocycles. The van der Waals surface area contributed by atoms with Crippen LogP contribution < -0.4 is 10.1 Å². The Bertz CT molecular complexity index is 936. The van der Waals surface area contributed by atoms with Crippen molar-refractivity contribution in [1.82, 2.24) is 5.32 Å². The van der Waals surface area contributed by atoms with E-state index in [2.05, 4.69) is 5.32 Å². The van der Waals surface area contributed by atoms with Gasteiger partial charge >= 0.3 is 0 Å². The lowest BCUT2D eigenvalue weighted by molar-refractivity contribution is 0.0912. The van der Waals surface area contributed by atoms with Crippen molar-refractivity contribution in [3.05, 3.63) is 77.6 Å². The van der Waals surface area contributed by atoms with Gasteiger partial charge in [0.25, 0.3) is 5.91 Å². The van der Waals surface area contributed by atoms with Crippen molar-refractivity contribution in [2.45, 2.75) is 13.0 Å². The van der Waals surface area contributed by atoms with Gasteiger partial charge in [-0.3, -0.25) is 4.79 Å².